The van der Waals surface area contributed by atoms with Gasteiger partial charge in [0.1, 0.15) is 5.69 Å². The van der Waals surface area contributed by atoms with Crippen LogP contribution in [0.2, 0.25) is 0 Å². The Balaban J connectivity index is 1.82. The van der Waals surface area contributed by atoms with Crippen molar-refractivity contribution in [3.63, 3.8) is 0 Å². The molecule has 0 N–H and O–H groups in total. The Morgan fingerprint density at radius 1 is 1.00 bits per heavy atom. The molecule has 0 amide bonds. The van der Waals surface area contributed by atoms with E-state index in [1.54, 1.807) is 6.20 Å². The van der Waals surface area contributed by atoms with Crippen LogP contribution in [0.5, 0.6) is 0 Å². The van der Waals surface area contributed by atoms with Gasteiger partial charge in [0.2, 0.25) is 0 Å². The summed E-state index contributed by atoms with van der Waals surface area (Å²) in [5.74, 6) is 0. The highest BCUT2D eigenvalue weighted by atomic mass is 15.3. The molecule has 1 aromatic carbocycles. The number of aryl methyl sites for hydroxylation is 1. The van der Waals surface area contributed by atoms with E-state index >= 15 is 0 Å². The molecule has 0 spiro atoms. The van der Waals surface area contributed by atoms with Crippen molar-refractivity contribution in [2.24, 2.45) is 0 Å². The van der Waals surface area contributed by atoms with Crippen molar-refractivity contribution in [3.8, 4) is 11.4 Å². The fourth-order valence-corrected chi connectivity index (χ4v) is 2.10. The predicted octanol–water partition coefficient (Wildman–Crippen LogP) is 3.30. The summed E-state index contributed by atoms with van der Waals surface area (Å²) in [5.41, 5.74) is 4.35. The van der Waals surface area contributed by atoms with E-state index in [9.17, 15) is 0 Å². The second kappa shape index (κ2) is 5.06. The first-order valence-corrected chi connectivity index (χ1v) is 6.32. The molecular weight excluding hydrogens is 234 g/mol. The fourth-order valence-electron chi connectivity index (χ4n) is 2.10. The van der Waals surface area contributed by atoms with Crippen LogP contribution in [0.3, 0.4) is 0 Å². The summed E-state index contributed by atoms with van der Waals surface area (Å²) in [6.45, 7) is 2.89. The van der Waals surface area contributed by atoms with Crippen LogP contribution < -0.4 is 0 Å². The molecule has 0 aliphatic heterocycles. The minimum atomic E-state index is 0.786. The second-order valence-corrected chi connectivity index (χ2v) is 4.60. The Bertz CT molecular complexity index is 671. The highest BCUT2D eigenvalue weighted by molar-refractivity contribution is 5.52. The third-order valence-electron chi connectivity index (χ3n) is 3.00. The van der Waals surface area contributed by atoms with Gasteiger partial charge in [-0.15, -0.1) is 0 Å². The Morgan fingerprint density at radius 3 is 2.74 bits per heavy atom. The van der Waals surface area contributed by atoms with E-state index in [1.807, 2.05) is 35.1 Å². The highest BCUT2D eigenvalue weighted by Crippen LogP contribution is 2.14. The summed E-state index contributed by atoms with van der Waals surface area (Å²) in [7, 11) is 0. The van der Waals surface area contributed by atoms with Crippen molar-refractivity contribution in [3.05, 3.63) is 72.1 Å². The van der Waals surface area contributed by atoms with E-state index in [2.05, 4.69) is 41.3 Å². The molecule has 0 saturated heterocycles. The van der Waals surface area contributed by atoms with Gasteiger partial charge in [-0.25, -0.2) is 0 Å². The van der Waals surface area contributed by atoms with E-state index in [0.29, 0.717) is 0 Å². The molecule has 0 fully saturated rings. The SMILES string of the molecule is Cc1cccc(Cn2ccc(-c3ccccn3)n2)c1. The van der Waals surface area contributed by atoms with E-state index in [0.717, 1.165) is 17.9 Å². The maximum absolute atomic E-state index is 4.56. The molecular formula is C16H15N3. The van der Waals surface area contributed by atoms with Gasteiger partial charge in [-0.3, -0.25) is 9.67 Å². The molecule has 2 aromatic heterocycles. The van der Waals surface area contributed by atoms with E-state index in [4.69, 9.17) is 0 Å². The van der Waals surface area contributed by atoms with Gasteiger partial charge in [0, 0.05) is 12.4 Å². The van der Waals surface area contributed by atoms with E-state index in [-0.39, 0.29) is 0 Å². The molecule has 3 nitrogen and oxygen atoms in total. The second-order valence-electron chi connectivity index (χ2n) is 4.60. The summed E-state index contributed by atoms with van der Waals surface area (Å²) >= 11 is 0. The summed E-state index contributed by atoms with van der Waals surface area (Å²) in [4.78, 5) is 4.31. The Kier molecular flexibility index (Phi) is 3.11. The lowest BCUT2D eigenvalue weighted by atomic mass is 10.1. The lowest BCUT2D eigenvalue weighted by Crippen LogP contribution is -2.00. The molecule has 0 aliphatic carbocycles. The summed E-state index contributed by atoms with van der Waals surface area (Å²) < 4.78 is 1.94. The molecule has 94 valence electrons. The molecule has 0 radical (unpaired) electrons. The molecule has 3 rings (SSSR count). The highest BCUT2D eigenvalue weighted by Gasteiger charge is 2.03. The largest absolute Gasteiger partial charge is 0.268 e. The van der Waals surface area contributed by atoms with Crippen LogP contribution in [0.4, 0.5) is 0 Å². The van der Waals surface area contributed by atoms with Gasteiger partial charge in [0.05, 0.1) is 12.2 Å². The molecule has 0 unspecified atom stereocenters. The smallest absolute Gasteiger partial charge is 0.111 e. The first-order valence-electron chi connectivity index (χ1n) is 6.32. The zero-order valence-corrected chi connectivity index (χ0v) is 10.8. The average molecular weight is 249 g/mol. The van der Waals surface area contributed by atoms with Crippen molar-refractivity contribution in [1.82, 2.24) is 14.8 Å². The first-order chi connectivity index (χ1) is 9.31. The van der Waals surface area contributed by atoms with Crippen molar-refractivity contribution in [2.75, 3.05) is 0 Å². The number of hydrogen-bond donors (Lipinski definition) is 0. The Hall–Kier alpha value is -2.42. The van der Waals surface area contributed by atoms with Gasteiger partial charge in [-0.1, -0.05) is 35.9 Å². The van der Waals surface area contributed by atoms with E-state index in [1.165, 1.54) is 11.1 Å². The third kappa shape index (κ3) is 2.71. The molecule has 0 bridgehead atoms. The van der Waals surface area contributed by atoms with Crippen LogP contribution in [0.25, 0.3) is 11.4 Å². The number of rotatable bonds is 3. The molecule has 2 heterocycles. The lowest BCUT2D eigenvalue weighted by Gasteiger charge is -2.03. The fraction of sp³-hybridized carbons (Fsp3) is 0.125. The molecule has 3 heteroatoms. The molecule has 19 heavy (non-hydrogen) atoms. The van der Waals surface area contributed by atoms with Crippen LogP contribution in [0, 0.1) is 6.92 Å². The predicted molar refractivity (Wildman–Crippen MR) is 75.7 cm³/mol. The average Bonchev–Trinajstić information content (AvgIpc) is 2.88. The van der Waals surface area contributed by atoms with Crippen molar-refractivity contribution in [1.29, 1.82) is 0 Å². The van der Waals surface area contributed by atoms with Crippen LogP contribution in [-0.4, -0.2) is 14.8 Å². The van der Waals surface area contributed by atoms with Crippen LogP contribution >= 0.6 is 0 Å². The van der Waals surface area contributed by atoms with Crippen LogP contribution in [-0.2, 0) is 6.54 Å². The summed E-state index contributed by atoms with van der Waals surface area (Å²) in [6.07, 6.45) is 3.78. The van der Waals surface area contributed by atoms with E-state index < -0.39 is 0 Å². The minimum absolute atomic E-state index is 0.786. The lowest BCUT2D eigenvalue weighted by molar-refractivity contribution is 0.688. The first kappa shape index (κ1) is 11.7. The number of nitrogens with zero attached hydrogens (tertiary/aromatic N) is 3. The van der Waals surface area contributed by atoms with Crippen molar-refractivity contribution >= 4 is 0 Å². The Labute approximate surface area is 112 Å². The Morgan fingerprint density at radius 2 is 1.95 bits per heavy atom. The van der Waals surface area contributed by atoms with Crippen LogP contribution in [0.1, 0.15) is 11.1 Å². The van der Waals surface area contributed by atoms with Gasteiger partial charge in [-0.2, -0.15) is 5.10 Å². The topological polar surface area (TPSA) is 30.7 Å². The van der Waals surface area contributed by atoms with Crippen molar-refractivity contribution in [2.45, 2.75) is 13.5 Å². The third-order valence-corrected chi connectivity index (χ3v) is 3.00. The number of hydrogen-bond acceptors (Lipinski definition) is 2. The summed E-state index contributed by atoms with van der Waals surface area (Å²) in [6, 6.07) is 16.3. The molecule has 3 aromatic rings. The molecule has 0 saturated carbocycles. The van der Waals surface area contributed by atoms with Gasteiger partial charge in [-0.05, 0) is 30.7 Å². The van der Waals surface area contributed by atoms with Crippen LogP contribution in [0.15, 0.2) is 60.9 Å². The standard InChI is InChI=1S/C16H15N3/c1-13-5-4-6-14(11-13)12-19-10-8-16(18-19)15-7-2-3-9-17-15/h2-11H,12H2,1H3. The number of aromatic nitrogens is 3. The van der Waals surface area contributed by atoms with Gasteiger partial charge in [0.25, 0.3) is 0 Å². The van der Waals surface area contributed by atoms with Gasteiger partial charge >= 0.3 is 0 Å². The monoisotopic (exact) mass is 249 g/mol. The molecule has 0 atom stereocenters. The van der Waals surface area contributed by atoms with Gasteiger partial charge < -0.3 is 0 Å². The zero-order valence-electron chi connectivity index (χ0n) is 10.8. The zero-order chi connectivity index (χ0) is 13.1. The molecule has 0 aliphatic rings. The quantitative estimate of drug-likeness (QED) is 0.713. The maximum atomic E-state index is 4.56. The van der Waals surface area contributed by atoms with Gasteiger partial charge in [0.15, 0.2) is 0 Å². The van der Waals surface area contributed by atoms with Crippen molar-refractivity contribution < 1.29 is 0 Å². The minimum Gasteiger partial charge on any atom is -0.268 e. The normalized spacial score (nSPS) is 10.6. The number of benzene rings is 1. The maximum Gasteiger partial charge on any atom is 0.111 e. The number of pyridine rings is 1. The summed E-state index contributed by atoms with van der Waals surface area (Å²) in [5, 5.41) is 4.56.